The van der Waals surface area contributed by atoms with E-state index in [9.17, 15) is 4.79 Å². The molecule has 0 radical (unpaired) electrons. The van der Waals surface area contributed by atoms with Gasteiger partial charge < -0.3 is 4.90 Å². The van der Waals surface area contributed by atoms with Crippen molar-refractivity contribution in [2.24, 2.45) is 0 Å². The highest BCUT2D eigenvalue weighted by atomic mass is 16.2. The van der Waals surface area contributed by atoms with Crippen molar-refractivity contribution in [3.63, 3.8) is 0 Å². The van der Waals surface area contributed by atoms with Crippen LogP contribution < -0.4 is 0 Å². The zero-order valence-electron chi connectivity index (χ0n) is 9.15. The summed E-state index contributed by atoms with van der Waals surface area (Å²) < 4.78 is 0. The molecule has 1 aliphatic rings. The van der Waals surface area contributed by atoms with E-state index in [1.165, 1.54) is 0 Å². The third-order valence-electron chi connectivity index (χ3n) is 2.88. The Morgan fingerprint density at radius 2 is 1.88 bits per heavy atom. The van der Waals surface area contributed by atoms with Gasteiger partial charge in [-0.1, -0.05) is 24.3 Å². The van der Waals surface area contributed by atoms with Gasteiger partial charge in [0.2, 0.25) is 5.91 Å². The van der Waals surface area contributed by atoms with Crippen molar-refractivity contribution in [2.45, 2.75) is 19.3 Å². The van der Waals surface area contributed by atoms with Crippen LogP contribution in [-0.4, -0.2) is 23.9 Å². The second-order valence-corrected chi connectivity index (χ2v) is 4.04. The fourth-order valence-electron chi connectivity index (χ4n) is 1.94. The number of amides is 1. The van der Waals surface area contributed by atoms with E-state index in [4.69, 9.17) is 6.57 Å². The van der Waals surface area contributed by atoms with Gasteiger partial charge in [0.25, 0.3) is 0 Å². The van der Waals surface area contributed by atoms with Crippen molar-refractivity contribution in [3.8, 4) is 0 Å². The third kappa shape index (κ3) is 2.40. The summed E-state index contributed by atoms with van der Waals surface area (Å²) in [4.78, 5) is 17.1. The molecule has 1 amide bonds. The number of hydrogen-bond acceptors (Lipinski definition) is 1. The first-order valence-corrected chi connectivity index (χ1v) is 5.54. The Bertz CT molecular complexity index is 411. The lowest BCUT2D eigenvalue weighted by Gasteiger charge is -2.14. The molecule has 1 aromatic carbocycles. The average molecular weight is 214 g/mol. The number of likely N-dealkylation sites (tertiary alicyclic amines) is 1. The fourth-order valence-corrected chi connectivity index (χ4v) is 1.94. The first-order valence-electron chi connectivity index (χ1n) is 5.54. The van der Waals surface area contributed by atoms with E-state index in [2.05, 4.69) is 4.85 Å². The van der Waals surface area contributed by atoms with E-state index in [-0.39, 0.29) is 5.91 Å². The van der Waals surface area contributed by atoms with Crippen LogP contribution in [0.4, 0.5) is 5.69 Å². The van der Waals surface area contributed by atoms with Crippen molar-refractivity contribution in [2.75, 3.05) is 13.1 Å². The molecule has 0 atom stereocenters. The van der Waals surface area contributed by atoms with Gasteiger partial charge in [-0.3, -0.25) is 4.79 Å². The summed E-state index contributed by atoms with van der Waals surface area (Å²) in [5.41, 5.74) is 1.61. The van der Waals surface area contributed by atoms with Crippen LogP contribution in [0.2, 0.25) is 0 Å². The Hall–Kier alpha value is -1.82. The summed E-state index contributed by atoms with van der Waals surface area (Å²) in [6, 6.07) is 7.25. The lowest BCUT2D eigenvalue weighted by atomic mass is 10.1. The highest BCUT2D eigenvalue weighted by Gasteiger charge is 2.17. The summed E-state index contributed by atoms with van der Waals surface area (Å²) in [6.07, 6.45) is 2.71. The molecule has 0 aliphatic carbocycles. The minimum absolute atomic E-state index is 0.202. The van der Waals surface area contributed by atoms with E-state index in [1.807, 2.05) is 17.0 Å². The quantitative estimate of drug-likeness (QED) is 0.694. The zero-order chi connectivity index (χ0) is 11.4. The molecule has 3 heteroatoms. The SMILES string of the molecule is [C-]#[N+]c1ccc(CC(=O)N2CCCC2)cc1. The van der Waals surface area contributed by atoms with Gasteiger partial charge in [0, 0.05) is 13.1 Å². The van der Waals surface area contributed by atoms with E-state index in [0.717, 1.165) is 31.5 Å². The number of hydrogen-bond donors (Lipinski definition) is 0. The maximum atomic E-state index is 11.8. The van der Waals surface area contributed by atoms with Gasteiger partial charge in [0.05, 0.1) is 13.0 Å². The molecule has 2 rings (SSSR count). The summed E-state index contributed by atoms with van der Waals surface area (Å²) in [5, 5.41) is 0. The van der Waals surface area contributed by atoms with Crippen molar-refractivity contribution >= 4 is 11.6 Å². The van der Waals surface area contributed by atoms with Gasteiger partial charge in [0.1, 0.15) is 0 Å². The first-order chi connectivity index (χ1) is 7.79. The molecule has 82 valence electrons. The second kappa shape index (κ2) is 4.80. The maximum Gasteiger partial charge on any atom is 0.226 e. The molecule has 1 fully saturated rings. The van der Waals surface area contributed by atoms with Crippen molar-refractivity contribution < 1.29 is 4.79 Å². The Morgan fingerprint density at radius 3 is 2.44 bits per heavy atom. The standard InChI is InChI=1S/C13H14N2O/c1-14-12-6-4-11(5-7-12)10-13(16)15-8-2-3-9-15/h4-7H,2-3,8-10H2. The monoisotopic (exact) mass is 214 g/mol. The maximum absolute atomic E-state index is 11.8. The predicted molar refractivity (Wildman–Crippen MR) is 62.2 cm³/mol. The first kappa shape index (κ1) is 10.7. The van der Waals surface area contributed by atoms with Crippen LogP contribution in [-0.2, 0) is 11.2 Å². The average Bonchev–Trinajstić information content (AvgIpc) is 2.83. The third-order valence-corrected chi connectivity index (χ3v) is 2.88. The smallest absolute Gasteiger partial charge is 0.226 e. The Balaban J connectivity index is 1.98. The molecule has 3 nitrogen and oxygen atoms in total. The second-order valence-electron chi connectivity index (χ2n) is 4.04. The Morgan fingerprint density at radius 1 is 1.25 bits per heavy atom. The van der Waals surface area contributed by atoms with E-state index in [1.54, 1.807) is 12.1 Å². The molecule has 0 unspecified atom stereocenters. The van der Waals surface area contributed by atoms with Crippen molar-refractivity contribution in [1.29, 1.82) is 0 Å². The molecule has 0 aromatic heterocycles. The molecular formula is C13H14N2O. The Kier molecular flexibility index (Phi) is 3.21. The lowest BCUT2D eigenvalue weighted by molar-refractivity contribution is -0.129. The van der Waals surface area contributed by atoms with Gasteiger partial charge in [0.15, 0.2) is 5.69 Å². The van der Waals surface area contributed by atoms with Crippen LogP contribution in [0.15, 0.2) is 24.3 Å². The minimum atomic E-state index is 0.202. The largest absolute Gasteiger partial charge is 0.342 e. The van der Waals surface area contributed by atoms with Crippen molar-refractivity contribution in [3.05, 3.63) is 41.2 Å². The number of carbonyl (C=O) groups excluding carboxylic acids is 1. The number of benzene rings is 1. The molecule has 0 spiro atoms. The van der Waals surface area contributed by atoms with Gasteiger partial charge in [-0.2, -0.15) is 0 Å². The molecular weight excluding hydrogens is 200 g/mol. The lowest BCUT2D eigenvalue weighted by Crippen LogP contribution is -2.28. The summed E-state index contributed by atoms with van der Waals surface area (Å²) in [6.45, 7) is 8.65. The van der Waals surface area contributed by atoms with E-state index < -0.39 is 0 Å². The fraction of sp³-hybridized carbons (Fsp3) is 0.385. The van der Waals surface area contributed by atoms with Crippen LogP contribution in [0.1, 0.15) is 18.4 Å². The van der Waals surface area contributed by atoms with Crippen molar-refractivity contribution in [1.82, 2.24) is 4.90 Å². The van der Waals surface area contributed by atoms with Crippen LogP contribution >= 0.6 is 0 Å². The number of carbonyl (C=O) groups is 1. The van der Waals surface area contributed by atoms with Gasteiger partial charge in [-0.15, -0.1) is 0 Å². The molecule has 1 aromatic rings. The summed E-state index contributed by atoms with van der Waals surface area (Å²) in [5.74, 6) is 0.202. The van der Waals surface area contributed by atoms with Gasteiger partial charge in [-0.05, 0) is 18.4 Å². The molecule has 1 aliphatic heterocycles. The van der Waals surface area contributed by atoms with Crippen LogP contribution in [0.5, 0.6) is 0 Å². The highest BCUT2D eigenvalue weighted by molar-refractivity contribution is 5.79. The minimum Gasteiger partial charge on any atom is -0.342 e. The Labute approximate surface area is 95.5 Å². The topological polar surface area (TPSA) is 24.7 Å². The van der Waals surface area contributed by atoms with Gasteiger partial charge in [-0.25, -0.2) is 4.85 Å². The normalized spacial score (nSPS) is 14.8. The van der Waals surface area contributed by atoms with Crippen LogP contribution in [0.25, 0.3) is 4.85 Å². The number of nitrogens with zero attached hydrogens (tertiary/aromatic N) is 2. The summed E-state index contributed by atoms with van der Waals surface area (Å²) in [7, 11) is 0. The highest BCUT2D eigenvalue weighted by Crippen LogP contribution is 2.15. The van der Waals surface area contributed by atoms with Crippen LogP contribution in [0, 0.1) is 6.57 Å². The molecule has 1 heterocycles. The van der Waals surface area contributed by atoms with Gasteiger partial charge >= 0.3 is 0 Å². The molecule has 0 N–H and O–H groups in total. The van der Waals surface area contributed by atoms with Crippen LogP contribution in [0.3, 0.4) is 0 Å². The molecule has 0 saturated carbocycles. The predicted octanol–water partition coefficient (Wildman–Crippen LogP) is 2.40. The zero-order valence-corrected chi connectivity index (χ0v) is 9.15. The molecule has 1 saturated heterocycles. The van der Waals surface area contributed by atoms with E-state index in [0.29, 0.717) is 12.1 Å². The number of rotatable bonds is 2. The molecule has 16 heavy (non-hydrogen) atoms. The summed E-state index contributed by atoms with van der Waals surface area (Å²) >= 11 is 0. The van der Waals surface area contributed by atoms with E-state index >= 15 is 0 Å². The molecule has 0 bridgehead atoms.